The maximum atomic E-state index is 10.4. The molecular weight excluding hydrogens is 184 g/mol. The first-order valence-electron chi connectivity index (χ1n) is 4.67. The van der Waals surface area contributed by atoms with Gasteiger partial charge in [-0.05, 0) is 30.7 Å². The minimum atomic E-state index is -0.982. The molecule has 2 N–H and O–H groups in total. The zero-order chi connectivity index (χ0) is 10.6. The predicted molar refractivity (Wildman–Crippen MR) is 50.9 cm³/mol. The van der Waals surface area contributed by atoms with E-state index in [4.69, 9.17) is 10.6 Å². The smallest absolute Gasteiger partial charge is 0.404 e. The molecule has 0 aromatic heterocycles. The quantitative estimate of drug-likeness (QED) is 0.403. The van der Waals surface area contributed by atoms with Crippen LogP contribution in [0.1, 0.15) is 26.2 Å². The fourth-order valence-electron chi connectivity index (χ4n) is 1.92. The summed E-state index contributed by atoms with van der Waals surface area (Å²) in [5, 5.41) is 14.7. The van der Waals surface area contributed by atoms with E-state index in [2.05, 4.69) is 15.3 Å². The number of hydrogen-bond donors (Lipinski definition) is 2. The van der Waals surface area contributed by atoms with Crippen molar-refractivity contribution in [2.75, 3.05) is 0 Å². The van der Waals surface area contributed by atoms with Gasteiger partial charge in [0.15, 0.2) is 0 Å². The second kappa shape index (κ2) is 4.72. The molecule has 1 aliphatic rings. The summed E-state index contributed by atoms with van der Waals surface area (Å²) in [5.74, 6) is 0.247. The van der Waals surface area contributed by atoms with Gasteiger partial charge in [-0.3, -0.25) is 0 Å². The average molecular weight is 198 g/mol. The molecule has 0 bridgehead atoms. The van der Waals surface area contributed by atoms with Crippen molar-refractivity contribution in [1.29, 1.82) is 0 Å². The largest absolute Gasteiger partial charge is 0.465 e. The van der Waals surface area contributed by atoms with E-state index in [1.807, 2.05) is 6.92 Å². The van der Waals surface area contributed by atoms with Crippen molar-refractivity contribution in [3.63, 3.8) is 0 Å². The molecule has 6 heteroatoms. The van der Waals surface area contributed by atoms with E-state index < -0.39 is 6.09 Å². The lowest BCUT2D eigenvalue weighted by molar-refractivity contribution is 0.179. The monoisotopic (exact) mass is 198 g/mol. The summed E-state index contributed by atoms with van der Waals surface area (Å²) in [6.07, 6.45) is 1.27. The topological polar surface area (TPSA) is 98.1 Å². The van der Waals surface area contributed by atoms with E-state index in [1.54, 1.807) is 0 Å². The lowest BCUT2D eigenvalue weighted by Crippen LogP contribution is -2.40. The van der Waals surface area contributed by atoms with Crippen LogP contribution in [0.15, 0.2) is 5.11 Å². The van der Waals surface area contributed by atoms with Gasteiger partial charge in [-0.2, -0.15) is 0 Å². The van der Waals surface area contributed by atoms with E-state index in [9.17, 15) is 4.79 Å². The van der Waals surface area contributed by atoms with E-state index in [1.165, 1.54) is 0 Å². The van der Waals surface area contributed by atoms with Gasteiger partial charge >= 0.3 is 6.09 Å². The zero-order valence-electron chi connectivity index (χ0n) is 8.05. The van der Waals surface area contributed by atoms with Crippen LogP contribution in [0, 0.1) is 5.92 Å². The Morgan fingerprint density at radius 2 is 2.36 bits per heavy atom. The summed E-state index contributed by atoms with van der Waals surface area (Å²) in [6, 6.07) is 0.0273. The lowest BCUT2D eigenvalue weighted by atomic mass is 9.83. The van der Waals surface area contributed by atoms with Crippen LogP contribution >= 0.6 is 0 Å². The molecule has 14 heavy (non-hydrogen) atoms. The first-order chi connectivity index (χ1) is 6.63. The molecule has 0 radical (unpaired) electrons. The Morgan fingerprint density at radius 3 is 2.86 bits per heavy atom. The second-order valence-electron chi connectivity index (χ2n) is 3.71. The fraction of sp³-hybridized carbons (Fsp3) is 0.875. The maximum absolute atomic E-state index is 10.4. The van der Waals surface area contributed by atoms with Gasteiger partial charge in [0.25, 0.3) is 0 Å². The molecule has 6 nitrogen and oxygen atoms in total. The highest BCUT2D eigenvalue weighted by Gasteiger charge is 2.27. The molecule has 78 valence electrons. The van der Waals surface area contributed by atoms with Gasteiger partial charge < -0.3 is 10.4 Å². The number of azide groups is 1. The third-order valence-corrected chi connectivity index (χ3v) is 2.65. The highest BCUT2D eigenvalue weighted by atomic mass is 16.4. The summed E-state index contributed by atoms with van der Waals surface area (Å²) in [5.41, 5.74) is 8.30. The van der Waals surface area contributed by atoms with Crippen molar-refractivity contribution >= 4 is 6.09 Å². The molecule has 1 amide bonds. The van der Waals surface area contributed by atoms with E-state index in [0.29, 0.717) is 0 Å². The predicted octanol–water partition coefficient (Wildman–Crippen LogP) is 2.12. The molecule has 0 aromatic rings. The van der Waals surface area contributed by atoms with Crippen LogP contribution in [-0.4, -0.2) is 23.3 Å². The Balaban J connectivity index is 2.46. The highest BCUT2D eigenvalue weighted by Crippen LogP contribution is 2.26. The normalized spacial score (nSPS) is 31.6. The number of rotatable bonds is 2. The number of amides is 1. The van der Waals surface area contributed by atoms with Gasteiger partial charge in [-0.1, -0.05) is 12.0 Å². The van der Waals surface area contributed by atoms with Gasteiger partial charge in [0.1, 0.15) is 0 Å². The minimum Gasteiger partial charge on any atom is -0.465 e. The molecule has 0 aromatic carbocycles. The first-order valence-corrected chi connectivity index (χ1v) is 4.67. The van der Waals surface area contributed by atoms with Crippen LogP contribution in [0.25, 0.3) is 10.4 Å². The van der Waals surface area contributed by atoms with Crippen molar-refractivity contribution in [3.8, 4) is 0 Å². The summed E-state index contributed by atoms with van der Waals surface area (Å²) in [4.78, 5) is 13.2. The molecule has 3 atom stereocenters. The van der Waals surface area contributed by atoms with Gasteiger partial charge in [0.2, 0.25) is 0 Å². The lowest BCUT2D eigenvalue weighted by Gasteiger charge is -2.31. The molecule has 0 spiro atoms. The molecule has 1 saturated carbocycles. The van der Waals surface area contributed by atoms with Crippen molar-refractivity contribution in [3.05, 3.63) is 10.4 Å². The third-order valence-electron chi connectivity index (χ3n) is 2.65. The number of carbonyl (C=O) groups is 1. The van der Waals surface area contributed by atoms with E-state index >= 15 is 0 Å². The molecular formula is C8H14N4O2. The summed E-state index contributed by atoms with van der Waals surface area (Å²) >= 11 is 0. The van der Waals surface area contributed by atoms with Gasteiger partial charge in [-0.15, -0.1) is 0 Å². The van der Waals surface area contributed by atoms with Gasteiger partial charge in [-0.25, -0.2) is 4.79 Å². The number of carboxylic acid groups (broad SMARTS) is 1. The van der Waals surface area contributed by atoms with E-state index in [0.717, 1.165) is 19.3 Å². The molecule has 0 unspecified atom stereocenters. The molecule has 1 aliphatic carbocycles. The Kier molecular flexibility index (Phi) is 3.59. The third kappa shape index (κ3) is 2.81. The van der Waals surface area contributed by atoms with Crippen LogP contribution < -0.4 is 5.32 Å². The number of nitrogens with zero attached hydrogens (tertiary/aromatic N) is 3. The van der Waals surface area contributed by atoms with Crippen LogP contribution in [-0.2, 0) is 0 Å². The van der Waals surface area contributed by atoms with Crippen LogP contribution in [0.2, 0.25) is 0 Å². The SMILES string of the molecule is C[C@@H]1C[C@H](NC(=O)O)CC[C@H]1N=[N+]=[N-]. The second-order valence-corrected chi connectivity index (χ2v) is 3.71. The standard InChI is InChI=1S/C8H14N4O2/c1-5-4-6(10-8(13)14)2-3-7(5)11-12-9/h5-7,10H,2-4H2,1H3,(H,13,14)/t5-,6-,7-/m1/s1. The summed E-state index contributed by atoms with van der Waals surface area (Å²) in [7, 11) is 0. The zero-order valence-corrected chi connectivity index (χ0v) is 8.05. The Bertz CT molecular complexity index is 262. The summed E-state index contributed by atoms with van der Waals surface area (Å²) < 4.78 is 0. The molecule has 0 aliphatic heterocycles. The first kappa shape index (κ1) is 10.7. The highest BCUT2D eigenvalue weighted by molar-refractivity contribution is 5.64. The molecule has 0 saturated heterocycles. The molecule has 0 heterocycles. The van der Waals surface area contributed by atoms with E-state index in [-0.39, 0.29) is 18.0 Å². The molecule has 1 fully saturated rings. The average Bonchev–Trinajstić information content (AvgIpc) is 2.09. The van der Waals surface area contributed by atoms with Crippen LogP contribution in [0.4, 0.5) is 4.79 Å². The molecule has 1 rings (SSSR count). The van der Waals surface area contributed by atoms with Crippen molar-refractivity contribution in [1.82, 2.24) is 5.32 Å². The Labute approximate surface area is 81.9 Å². The van der Waals surface area contributed by atoms with Gasteiger partial charge in [0, 0.05) is 17.0 Å². The van der Waals surface area contributed by atoms with Crippen LogP contribution in [0.3, 0.4) is 0 Å². The number of hydrogen-bond acceptors (Lipinski definition) is 2. The van der Waals surface area contributed by atoms with Crippen molar-refractivity contribution in [2.45, 2.75) is 38.3 Å². The maximum Gasteiger partial charge on any atom is 0.404 e. The Morgan fingerprint density at radius 1 is 1.64 bits per heavy atom. The van der Waals surface area contributed by atoms with Crippen LogP contribution in [0.5, 0.6) is 0 Å². The Hall–Kier alpha value is -1.42. The fourth-order valence-corrected chi connectivity index (χ4v) is 1.92. The number of nitrogens with one attached hydrogen (secondary N) is 1. The van der Waals surface area contributed by atoms with Gasteiger partial charge in [0.05, 0.1) is 0 Å². The minimum absolute atomic E-state index is 0.00708. The van der Waals surface area contributed by atoms with Crippen molar-refractivity contribution < 1.29 is 9.90 Å². The summed E-state index contributed by atoms with van der Waals surface area (Å²) in [6.45, 7) is 1.98. The van der Waals surface area contributed by atoms with Crippen molar-refractivity contribution in [2.24, 2.45) is 11.0 Å².